The third kappa shape index (κ3) is 9.62. The van der Waals surface area contributed by atoms with Crippen molar-refractivity contribution in [1.82, 2.24) is 5.32 Å². The van der Waals surface area contributed by atoms with E-state index in [0.717, 1.165) is 39.1 Å². The fourth-order valence-electron chi connectivity index (χ4n) is 1.96. The van der Waals surface area contributed by atoms with Gasteiger partial charge >= 0.3 is 11.9 Å². The van der Waals surface area contributed by atoms with Crippen LogP contribution in [0.5, 0.6) is 0 Å². The monoisotopic (exact) mass is 325 g/mol. The molecule has 7 nitrogen and oxygen atoms in total. The summed E-state index contributed by atoms with van der Waals surface area (Å²) in [5.74, 6) is -3.65. The van der Waals surface area contributed by atoms with Gasteiger partial charge in [0.15, 0.2) is 0 Å². The van der Waals surface area contributed by atoms with Crippen LogP contribution < -0.4 is 5.32 Å². The van der Waals surface area contributed by atoms with Crippen LogP contribution in [-0.4, -0.2) is 61.2 Å². The number of ether oxygens (including phenoxy) is 2. The normalized spacial score (nSPS) is 17.0. The summed E-state index contributed by atoms with van der Waals surface area (Å²) in [6.45, 7) is 4.21. The molecule has 0 aromatic heterocycles. The van der Waals surface area contributed by atoms with Crippen LogP contribution in [0.15, 0.2) is 30.3 Å². The molecule has 23 heavy (non-hydrogen) atoms. The number of carboxylic acid groups (broad SMARTS) is 2. The Balaban J connectivity index is 0.000000379. The van der Waals surface area contributed by atoms with Gasteiger partial charge in [0, 0.05) is 19.7 Å². The predicted octanol–water partition coefficient (Wildman–Crippen LogP) is 0.780. The van der Waals surface area contributed by atoms with Crippen molar-refractivity contribution in [2.45, 2.75) is 18.9 Å². The molecule has 1 saturated heterocycles. The van der Waals surface area contributed by atoms with E-state index in [1.165, 1.54) is 5.56 Å². The number of morpholine rings is 1. The lowest BCUT2D eigenvalue weighted by Crippen LogP contribution is -2.41. The zero-order valence-electron chi connectivity index (χ0n) is 12.9. The maximum absolute atomic E-state index is 9.10. The van der Waals surface area contributed by atoms with E-state index in [1.54, 1.807) is 0 Å². The van der Waals surface area contributed by atoms with Gasteiger partial charge in [0.1, 0.15) is 0 Å². The van der Waals surface area contributed by atoms with Gasteiger partial charge in [-0.15, -0.1) is 0 Å². The zero-order valence-corrected chi connectivity index (χ0v) is 12.9. The fourth-order valence-corrected chi connectivity index (χ4v) is 1.96. The lowest BCUT2D eigenvalue weighted by molar-refractivity contribution is -0.159. The molecule has 1 heterocycles. The first-order valence-electron chi connectivity index (χ1n) is 7.50. The summed E-state index contributed by atoms with van der Waals surface area (Å²) in [7, 11) is 0. The molecule has 0 saturated carbocycles. The van der Waals surface area contributed by atoms with E-state index in [9.17, 15) is 0 Å². The van der Waals surface area contributed by atoms with Crippen molar-refractivity contribution in [1.29, 1.82) is 0 Å². The van der Waals surface area contributed by atoms with Gasteiger partial charge in [-0.1, -0.05) is 30.3 Å². The molecule has 1 aromatic carbocycles. The van der Waals surface area contributed by atoms with E-state index in [2.05, 4.69) is 29.6 Å². The van der Waals surface area contributed by atoms with E-state index >= 15 is 0 Å². The number of nitrogens with one attached hydrogen (secondary N) is 1. The summed E-state index contributed by atoms with van der Waals surface area (Å²) in [4.78, 5) is 18.2. The predicted molar refractivity (Wildman–Crippen MR) is 83.5 cm³/mol. The Labute approximate surface area is 135 Å². The van der Waals surface area contributed by atoms with Crippen molar-refractivity contribution >= 4 is 11.9 Å². The Morgan fingerprint density at radius 1 is 1.22 bits per heavy atom. The Morgan fingerprint density at radius 2 is 1.91 bits per heavy atom. The second-order valence-electron chi connectivity index (χ2n) is 4.97. The molecule has 7 heteroatoms. The van der Waals surface area contributed by atoms with Crippen molar-refractivity contribution in [3.05, 3.63) is 35.9 Å². The summed E-state index contributed by atoms with van der Waals surface area (Å²) in [6, 6.07) is 10.5. The van der Waals surface area contributed by atoms with Gasteiger partial charge in [-0.05, 0) is 18.4 Å². The van der Waals surface area contributed by atoms with Crippen LogP contribution in [0.1, 0.15) is 12.0 Å². The van der Waals surface area contributed by atoms with Gasteiger partial charge in [-0.25, -0.2) is 9.59 Å². The van der Waals surface area contributed by atoms with Crippen LogP contribution in [0, 0.1) is 0 Å². The van der Waals surface area contributed by atoms with E-state index in [1.807, 2.05) is 6.07 Å². The number of carboxylic acids is 2. The standard InChI is InChI=1S/C14H21NO2.C2H2O4/c1-2-5-13(6-3-1)7-4-9-16-12-14-11-15-8-10-17-14;3-1(4)2(5)6/h1-3,5-6,14-15H,4,7-12H2;(H,3,4)(H,5,6). The third-order valence-electron chi connectivity index (χ3n) is 3.09. The molecule has 1 aliphatic rings. The third-order valence-corrected chi connectivity index (χ3v) is 3.09. The van der Waals surface area contributed by atoms with Crippen LogP contribution >= 0.6 is 0 Å². The van der Waals surface area contributed by atoms with E-state index in [-0.39, 0.29) is 6.10 Å². The topological polar surface area (TPSA) is 105 Å². The van der Waals surface area contributed by atoms with Gasteiger partial charge in [0.05, 0.1) is 19.3 Å². The molecule has 1 aliphatic heterocycles. The minimum absolute atomic E-state index is 0.237. The maximum Gasteiger partial charge on any atom is 0.414 e. The summed E-state index contributed by atoms with van der Waals surface area (Å²) >= 11 is 0. The van der Waals surface area contributed by atoms with Gasteiger partial charge in [0.25, 0.3) is 0 Å². The molecule has 1 atom stereocenters. The molecule has 2 rings (SSSR count). The van der Waals surface area contributed by atoms with Crippen molar-refractivity contribution in [2.24, 2.45) is 0 Å². The molecule has 1 unspecified atom stereocenters. The lowest BCUT2D eigenvalue weighted by atomic mass is 10.1. The number of hydrogen-bond donors (Lipinski definition) is 3. The number of carbonyl (C=O) groups is 2. The van der Waals surface area contributed by atoms with Gasteiger partial charge < -0.3 is 25.0 Å². The SMILES string of the molecule is O=C(O)C(=O)O.c1ccc(CCCOCC2CNCCO2)cc1. The average molecular weight is 325 g/mol. The first-order chi connectivity index (χ1) is 11.1. The fraction of sp³-hybridized carbons (Fsp3) is 0.500. The number of aliphatic carboxylic acids is 2. The highest BCUT2D eigenvalue weighted by Gasteiger charge is 2.12. The zero-order chi connectivity index (χ0) is 16.9. The highest BCUT2D eigenvalue weighted by atomic mass is 16.5. The molecular weight excluding hydrogens is 302 g/mol. The first kappa shape index (κ1) is 19.1. The average Bonchev–Trinajstić information content (AvgIpc) is 2.57. The molecule has 128 valence electrons. The Bertz CT molecular complexity index is 447. The van der Waals surface area contributed by atoms with Crippen molar-refractivity contribution in [3.8, 4) is 0 Å². The molecule has 1 aromatic rings. The highest BCUT2D eigenvalue weighted by Crippen LogP contribution is 2.03. The van der Waals surface area contributed by atoms with E-state index in [4.69, 9.17) is 29.3 Å². The molecule has 1 fully saturated rings. The van der Waals surface area contributed by atoms with Crippen molar-refractivity contribution in [3.63, 3.8) is 0 Å². The van der Waals surface area contributed by atoms with Crippen LogP contribution in [0.25, 0.3) is 0 Å². The van der Waals surface area contributed by atoms with Gasteiger partial charge in [-0.2, -0.15) is 0 Å². The summed E-state index contributed by atoms with van der Waals surface area (Å²) in [5.41, 5.74) is 1.38. The Morgan fingerprint density at radius 3 is 2.48 bits per heavy atom. The number of hydrogen-bond acceptors (Lipinski definition) is 5. The quantitative estimate of drug-likeness (QED) is 0.524. The summed E-state index contributed by atoms with van der Waals surface area (Å²) in [6.07, 6.45) is 2.40. The number of benzene rings is 1. The largest absolute Gasteiger partial charge is 0.473 e. The molecule has 0 bridgehead atoms. The molecular formula is C16H23NO6. The molecule has 0 spiro atoms. The highest BCUT2D eigenvalue weighted by molar-refractivity contribution is 6.27. The van der Waals surface area contributed by atoms with Crippen molar-refractivity contribution in [2.75, 3.05) is 32.9 Å². The second kappa shape index (κ2) is 11.6. The summed E-state index contributed by atoms with van der Waals surface area (Å²) in [5, 5.41) is 18.1. The van der Waals surface area contributed by atoms with Crippen LogP contribution in [0.3, 0.4) is 0 Å². The lowest BCUT2D eigenvalue weighted by Gasteiger charge is -2.23. The van der Waals surface area contributed by atoms with Crippen LogP contribution in [0.2, 0.25) is 0 Å². The van der Waals surface area contributed by atoms with Gasteiger partial charge in [0.2, 0.25) is 0 Å². The second-order valence-corrected chi connectivity index (χ2v) is 4.97. The van der Waals surface area contributed by atoms with Crippen LogP contribution in [0.4, 0.5) is 0 Å². The Kier molecular flexibility index (Phi) is 9.62. The Hall–Kier alpha value is -1.96. The summed E-state index contributed by atoms with van der Waals surface area (Å²) < 4.78 is 11.2. The van der Waals surface area contributed by atoms with Crippen LogP contribution in [-0.2, 0) is 25.5 Å². The first-order valence-corrected chi connectivity index (χ1v) is 7.50. The maximum atomic E-state index is 9.10. The molecule has 0 aliphatic carbocycles. The minimum Gasteiger partial charge on any atom is -0.473 e. The minimum atomic E-state index is -1.82. The number of rotatable bonds is 6. The van der Waals surface area contributed by atoms with Gasteiger partial charge in [-0.3, -0.25) is 0 Å². The van der Waals surface area contributed by atoms with Crippen molar-refractivity contribution < 1.29 is 29.3 Å². The molecule has 3 N–H and O–H groups in total. The molecule has 0 radical (unpaired) electrons. The van der Waals surface area contributed by atoms with E-state index < -0.39 is 11.9 Å². The van der Waals surface area contributed by atoms with E-state index in [0.29, 0.717) is 6.61 Å². The number of aryl methyl sites for hydroxylation is 1. The molecule has 0 amide bonds. The smallest absolute Gasteiger partial charge is 0.414 e.